The molecule has 0 aromatic heterocycles. The zero-order valence-electron chi connectivity index (χ0n) is 13.2. The van der Waals surface area contributed by atoms with Gasteiger partial charge in [0.25, 0.3) is 5.91 Å². The standard InChI is InChI=1S/C18H19BrN2O2/c1-13-4-3-5-17(12-13)21(14(2)22)11-10-20-18(23)15-6-8-16(19)9-7-15/h3-9,12H,10-11H2,1-2H3,(H,20,23). The zero-order chi connectivity index (χ0) is 16.8. The van der Waals surface area contributed by atoms with E-state index in [1.54, 1.807) is 17.0 Å². The fraction of sp³-hybridized carbons (Fsp3) is 0.222. The molecule has 0 unspecified atom stereocenters. The minimum absolute atomic E-state index is 0.0477. The molecule has 0 saturated carbocycles. The van der Waals surface area contributed by atoms with Crippen LogP contribution in [0.5, 0.6) is 0 Å². The molecule has 5 heteroatoms. The van der Waals surface area contributed by atoms with Crippen LogP contribution >= 0.6 is 15.9 Å². The molecule has 0 atom stereocenters. The molecule has 2 aromatic carbocycles. The molecule has 0 aliphatic rings. The number of nitrogens with zero attached hydrogens (tertiary/aromatic N) is 1. The average molecular weight is 375 g/mol. The molecule has 0 aliphatic carbocycles. The molecule has 0 spiro atoms. The van der Waals surface area contributed by atoms with Gasteiger partial charge in [-0.15, -0.1) is 0 Å². The fourth-order valence-electron chi connectivity index (χ4n) is 2.25. The van der Waals surface area contributed by atoms with Gasteiger partial charge in [0.05, 0.1) is 0 Å². The van der Waals surface area contributed by atoms with Crippen LogP contribution in [0.25, 0.3) is 0 Å². The maximum atomic E-state index is 12.1. The van der Waals surface area contributed by atoms with Crippen molar-refractivity contribution in [1.29, 1.82) is 0 Å². The first-order chi connectivity index (χ1) is 11.0. The highest BCUT2D eigenvalue weighted by molar-refractivity contribution is 9.10. The van der Waals surface area contributed by atoms with E-state index in [1.165, 1.54) is 6.92 Å². The number of benzene rings is 2. The third-order valence-electron chi connectivity index (χ3n) is 3.42. The predicted molar refractivity (Wildman–Crippen MR) is 95.7 cm³/mol. The number of carbonyl (C=O) groups excluding carboxylic acids is 2. The third-order valence-corrected chi connectivity index (χ3v) is 3.95. The number of hydrogen-bond donors (Lipinski definition) is 1. The highest BCUT2D eigenvalue weighted by Gasteiger charge is 2.12. The second-order valence-electron chi connectivity index (χ2n) is 5.27. The Morgan fingerprint density at radius 3 is 2.43 bits per heavy atom. The van der Waals surface area contributed by atoms with Gasteiger partial charge in [0.1, 0.15) is 0 Å². The summed E-state index contributed by atoms with van der Waals surface area (Å²) in [5.74, 6) is -0.196. The zero-order valence-corrected chi connectivity index (χ0v) is 14.8. The number of anilines is 1. The molecule has 120 valence electrons. The number of rotatable bonds is 5. The number of amides is 2. The van der Waals surface area contributed by atoms with E-state index >= 15 is 0 Å². The summed E-state index contributed by atoms with van der Waals surface area (Å²) in [4.78, 5) is 25.6. The van der Waals surface area contributed by atoms with Gasteiger partial charge in [-0.25, -0.2) is 0 Å². The van der Waals surface area contributed by atoms with Gasteiger partial charge in [-0.3, -0.25) is 9.59 Å². The van der Waals surface area contributed by atoms with Crippen LogP contribution in [0.1, 0.15) is 22.8 Å². The Bertz CT molecular complexity index is 698. The molecule has 2 amide bonds. The molecule has 2 rings (SSSR count). The minimum atomic E-state index is -0.148. The van der Waals surface area contributed by atoms with E-state index in [0.29, 0.717) is 18.7 Å². The van der Waals surface area contributed by atoms with Crippen LogP contribution < -0.4 is 10.2 Å². The van der Waals surface area contributed by atoms with Crippen molar-refractivity contribution in [3.8, 4) is 0 Å². The Kier molecular flexibility index (Phi) is 5.93. The van der Waals surface area contributed by atoms with Gasteiger partial charge in [0.2, 0.25) is 5.91 Å². The molecule has 0 radical (unpaired) electrons. The van der Waals surface area contributed by atoms with Crippen LogP contribution in [-0.4, -0.2) is 24.9 Å². The molecule has 0 heterocycles. The van der Waals surface area contributed by atoms with Crippen molar-refractivity contribution >= 4 is 33.4 Å². The first-order valence-electron chi connectivity index (χ1n) is 7.36. The van der Waals surface area contributed by atoms with Crippen molar-refractivity contribution in [2.45, 2.75) is 13.8 Å². The number of carbonyl (C=O) groups is 2. The summed E-state index contributed by atoms with van der Waals surface area (Å²) in [6.45, 7) is 4.33. The summed E-state index contributed by atoms with van der Waals surface area (Å²) in [5, 5.41) is 2.84. The van der Waals surface area contributed by atoms with E-state index in [2.05, 4.69) is 21.2 Å². The fourth-order valence-corrected chi connectivity index (χ4v) is 2.51. The van der Waals surface area contributed by atoms with Crippen molar-refractivity contribution in [1.82, 2.24) is 5.32 Å². The predicted octanol–water partition coefficient (Wildman–Crippen LogP) is 3.54. The largest absolute Gasteiger partial charge is 0.350 e. The van der Waals surface area contributed by atoms with Crippen molar-refractivity contribution in [2.75, 3.05) is 18.0 Å². The lowest BCUT2D eigenvalue weighted by Crippen LogP contribution is -2.37. The Balaban J connectivity index is 1.96. The molecule has 23 heavy (non-hydrogen) atoms. The molecule has 0 fully saturated rings. The molecule has 1 N–H and O–H groups in total. The van der Waals surface area contributed by atoms with Crippen LogP contribution in [0, 0.1) is 6.92 Å². The number of aryl methyl sites for hydroxylation is 1. The van der Waals surface area contributed by atoms with E-state index in [1.807, 2.05) is 43.3 Å². The lowest BCUT2D eigenvalue weighted by atomic mass is 10.2. The quantitative estimate of drug-likeness (QED) is 0.869. The Morgan fingerprint density at radius 2 is 1.83 bits per heavy atom. The minimum Gasteiger partial charge on any atom is -0.350 e. The molecular formula is C18H19BrN2O2. The summed E-state index contributed by atoms with van der Waals surface area (Å²) in [5.41, 5.74) is 2.53. The summed E-state index contributed by atoms with van der Waals surface area (Å²) >= 11 is 3.34. The van der Waals surface area contributed by atoms with Crippen LogP contribution in [0.2, 0.25) is 0 Å². The van der Waals surface area contributed by atoms with Crippen molar-refractivity contribution < 1.29 is 9.59 Å². The highest BCUT2D eigenvalue weighted by Crippen LogP contribution is 2.15. The van der Waals surface area contributed by atoms with Crippen molar-refractivity contribution in [2.24, 2.45) is 0 Å². The van der Waals surface area contributed by atoms with Crippen LogP contribution in [0.15, 0.2) is 53.0 Å². The van der Waals surface area contributed by atoms with Gasteiger partial charge in [-0.1, -0.05) is 28.1 Å². The summed E-state index contributed by atoms with van der Waals surface area (Å²) < 4.78 is 0.927. The van der Waals surface area contributed by atoms with Gasteiger partial charge < -0.3 is 10.2 Å². The lowest BCUT2D eigenvalue weighted by Gasteiger charge is -2.21. The van der Waals surface area contributed by atoms with Crippen LogP contribution in [0.3, 0.4) is 0 Å². The number of halogens is 1. The summed E-state index contributed by atoms with van der Waals surface area (Å²) in [6.07, 6.45) is 0. The Morgan fingerprint density at radius 1 is 1.13 bits per heavy atom. The van der Waals surface area contributed by atoms with Crippen LogP contribution in [-0.2, 0) is 4.79 Å². The third kappa shape index (κ3) is 4.93. The first-order valence-corrected chi connectivity index (χ1v) is 8.15. The van der Waals surface area contributed by atoms with E-state index in [4.69, 9.17) is 0 Å². The van der Waals surface area contributed by atoms with Crippen molar-refractivity contribution in [3.05, 3.63) is 64.1 Å². The molecule has 2 aromatic rings. The van der Waals surface area contributed by atoms with Gasteiger partial charge in [-0.2, -0.15) is 0 Å². The SMILES string of the molecule is CC(=O)N(CCNC(=O)c1ccc(Br)cc1)c1cccc(C)c1. The monoisotopic (exact) mass is 374 g/mol. The molecule has 0 saturated heterocycles. The molecular weight excluding hydrogens is 356 g/mol. The van der Waals surface area contributed by atoms with Gasteiger partial charge in [0.15, 0.2) is 0 Å². The lowest BCUT2D eigenvalue weighted by molar-refractivity contribution is -0.116. The van der Waals surface area contributed by atoms with E-state index in [-0.39, 0.29) is 11.8 Å². The van der Waals surface area contributed by atoms with Gasteiger partial charge in [0, 0.05) is 35.7 Å². The topological polar surface area (TPSA) is 49.4 Å². The van der Waals surface area contributed by atoms with Crippen molar-refractivity contribution in [3.63, 3.8) is 0 Å². The van der Waals surface area contributed by atoms with Gasteiger partial charge >= 0.3 is 0 Å². The number of nitrogens with one attached hydrogen (secondary N) is 1. The van der Waals surface area contributed by atoms with E-state index in [0.717, 1.165) is 15.7 Å². The first kappa shape index (κ1) is 17.2. The van der Waals surface area contributed by atoms with E-state index in [9.17, 15) is 9.59 Å². The summed E-state index contributed by atoms with van der Waals surface area (Å²) in [6, 6.07) is 14.9. The highest BCUT2D eigenvalue weighted by atomic mass is 79.9. The normalized spacial score (nSPS) is 10.2. The molecule has 0 bridgehead atoms. The summed E-state index contributed by atoms with van der Waals surface area (Å²) in [7, 11) is 0. The van der Waals surface area contributed by atoms with Gasteiger partial charge in [-0.05, 0) is 48.9 Å². The molecule has 0 aliphatic heterocycles. The smallest absolute Gasteiger partial charge is 0.251 e. The second-order valence-corrected chi connectivity index (χ2v) is 6.19. The Labute approximate surface area is 144 Å². The second kappa shape index (κ2) is 7.92. The average Bonchev–Trinajstić information content (AvgIpc) is 2.51. The number of hydrogen-bond acceptors (Lipinski definition) is 2. The molecule has 4 nitrogen and oxygen atoms in total. The van der Waals surface area contributed by atoms with Crippen LogP contribution in [0.4, 0.5) is 5.69 Å². The van der Waals surface area contributed by atoms with E-state index < -0.39 is 0 Å². The maximum absolute atomic E-state index is 12.1. The maximum Gasteiger partial charge on any atom is 0.251 e. The Hall–Kier alpha value is -2.14.